The van der Waals surface area contributed by atoms with Gasteiger partial charge in [-0.05, 0) is 5.57 Å². The predicted octanol–water partition coefficient (Wildman–Crippen LogP) is 1.76. The first-order chi connectivity index (χ1) is 5.93. The molecule has 0 saturated carbocycles. The zero-order valence-electron chi connectivity index (χ0n) is 7.02. The fourth-order valence-corrected chi connectivity index (χ4v) is 0.788. The zero-order valence-corrected chi connectivity index (χ0v) is 8.06. The molecule has 1 aliphatic carbocycles. The molecule has 1 radical (unpaired) electrons. The van der Waals surface area contributed by atoms with Crippen LogP contribution in [-0.2, 0) is 16.8 Å². The minimum absolute atomic E-state index is 0. The Bertz CT molecular complexity index is 250. The standard InChI is InChI=1S/C6H6O.C5H5.Co/c7-5-6-3-1-2-4-6;1-2-4-5-3-1;/h1-5,7H;1-5H;/q;-1;+2/p-1. The van der Waals surface area contributed by atoms with E-state index in [1.807, 2.05) is 42.5 Å². The van der Waals surface area contributed by atoms with Gasteiger partial charge in [0.2, 0.25) is 0 Å². The van der Waals surface area contributed by atoms with Crippen LogP contribution in [0.1, 0.15) is 0 Å². The van der Waals surface area contributed by atoms with Gasteiger partial charge in [-0.1, -0.05) is 24.3 Å². The van der Waals surface area contributed by atoms with Crippen LogP contribution < -0.4 is 5.11 Å². The van der Waals surface area contributed by atoms with Crippen LogP contribution in [-0.4, -0.2) is 0 Å². The molecule has 1 aliphatic rings. The van der Waals surface area contributed by atoms with Gasteiger partial charge in [0.15, 0.2) is 0 Å². The molecule has 0 bridgehead atoms. The van der Waals surface area contributed by atoms with Crippen LogP contribution in [0, 0.1) is 0 Å². The van der Waals surface area contributed by atoms with Crippen molar-refractivity contribution in [3.63, 3.8) is 0 Å². The average Bonchev–Trinajstić information content (AvgIpc) is 2.81. The van der Waals surface area contributed by atoms with Crippen LogP contribution in [0.5, 0.6) is 0 Å². The average molecular weight is 217 g/mol. The third-order valence-corrected chi connectivity index (χ3v) is 1.38. The van der Waals surface area contributed by atoms with Gasteiger partial charge in [-0.3, -0.25) is 0 Å². The first kappa shape index (κ1) is 11.9. The van der Waals surface area contributed by atoms with E-state index >= 15 is 0 Å². The maximum atomic E-state index is 9.87. The number of hydrogen-bond acceptors (Lipinski definition) is 1. The van der Waals surface area contributed by atoms with E-state index < -0.39 is 0 Å². The second kappa shape index (κ2) is 7.52. The fraction of sp³-hybridized carbons (Fsp3) is 0. The number of allylic oxidation sites excluding steroid dienone is 5. The first-order valence-electron chi connectivity index (χ1n) is 3.77. The number of hydrogen-bond donors (Lipinski definition) is 0. The van der Waals surface area contributed by atoms with Crippen molar-refractivity contribution in [2.45, 2.75) is 0 Å². The van der Waals surface area contributed by atoms with Crippen LogP contribution in [0.2, 0.25) is 0 Å². The molecule has 0 aliphatic heterocycles. The van der Waals surface area contributed by atoms with Crippen LogP contribution in [0.3, 0.4) is 0 Å². The molecule has 1 nitrogen and oxygen atoms in total. The van der Waals surface area contributed by atoms with Crippen molar-refractivity contribution in [3.05, 3.63) is 66.5 Å². The Morgan fingerprint density at radius 3 is 1.85 bits per heavy atom. The van der Waals surface area contributed by atoms with Crippen molar-refractivity contribution in [1.82, 2.24) is 0 Å². The van der Waals surface area contributed by atoms with Crippen LogP contribution in [0.25, 0.3) is 0 Å². The maximum absolute atomic E-state index is 9.87. The molecular formula is C11H10CoO. The Labute approximate surface area is 88.7 Å². The Kier molecular flexibility index (Phi) is 6.87. The van der Waals surface area contributed by atoms with Gasteiger partial charge in [-0.15, -0.1) is 6.26 Å². The van der Waals surface area contributed by atoms with E-state index in [0.29, 0.717) is 0 Å². The fourth-order valence-electron chi connectivity index (χ4n) is 0.788. The van der Waals surface area contributed by atoms with Gasteiger partial charge >= 0.3 is 16.8 Å². The van der Waals surface area contributed by atoms with Gasteiger partial charge in [0, 0.05) is 0 Å². The summed E-state index contributed by atoms with van der Waals surface area (Å²) in [6.07, 6.45) is 8.05. The van der Waals surface area contributed by atoms with Crippen molar-refractivity contribution < 1.29 is 21.9 Å². The topological polar surface area (TPSA) is 23.1 Å². The molecule has 69 valence electrons. The van der Waals surface area contributed by atoms with Gasteiger partial charge in [0.1, 0.15) is 0 Å². The Hall–Kier alpha value is -1.12. The van der Waals surface area contributed by atoms with Gasteiger partial charge in [0.05, 0.1) is 0 Å². The summed E-state index contributed by atoms with van der Waals surface area (Å²) in [5.74, 6) is 0. The normalized spacial score (nSPS) is 11.5. The minimum atomic E-state index is 0. The molecule has 2 rings (SSSR count). The van der Waals surface area contributed by atoms with E-state index in [1.54, 1.807) is 12.2 Å². The van der Waals surface area contributed by atoms with Crippen LogP contribution in [0.15, 0.2) is 66.5 Å². The molecule has 0 spiro atoms. The molecule has 1 aromatic carbocycles. The summed E-state index contributed by atoms with van der Waals surface area (Å²) in [5.41, 5.74) is 0.750. The summed E-state index contributed by atoms with van der Waals surface area (Å²) in [6.45, 7) is 0. The van der Waals surface area contributed by atoms with Crippen molar-refractivity contribution >= 4 is 0 Å². The second-order valence-corrected chi connectivity index (χ2v) is 2.30. The van der Waals surface area contributed by atoms with E-state index in [1.165, 1.54) is 0 Å². The second-order valence-electron chi connectivity index (χ2n) is 2.30. The van der Waals surface area contributed by atoms with E-state index in [2.05, 4.69) is 0 Å². The third kappa shape index (κ3) is 5.17. The molecule has 0 unspecified atom stereocenters. The number of rotatable bonds is 0. The molecule has 1 aromatic rings. The largest absolute Gasteiger partial charge is 2.00 e. The molecule has 0 saturated heterocycles. The minimum Gasteiger partial charge on any atom is -0.877 e. The molecule has 13 heavy (non-hydrogen) atoms. The molecule has 0 fully saturated rings. The SMILES string of the molecule is [Co+2].[O-]C=C1C=CC=C1.c1cc[cH-]c1. The zero-order chi connectivity index (χ0) is 8.65. The van der Waals surface area contributed by atoms with E-state index in [0.717, 1.165) is 11.8 Å². The van der Waals surface area contributed by atoms with E-state index in [-0.39, 0.29) is 16.8 Å². The molecule has 2 heteroatoms. The van der Waals surface area contributed by atoms with E-state index in [4.69, 9.17) is 0 Å². The molecule has 0 atom stereocenters. The van der Waals surface area contributed by atoms with Gasteiger partial charge in [-0.2, -0.15) is 18.2 Å². The maximum Gasteiger partial charge on any atom is 2.00 e. The third-order valence-electron chi connectivity index (χ3n) is 1.38. The van der Waals surface area contributed by atoms with Crippen molar-refractivity contribution in [3.8, 4) is 0 Å². The summed E-state index contributed by atoms with van der Waals surface area (Å²) in [4.78, 5) is 0. The summed E-state index contributed by atoms with van der Waals surface area (Å²) >= 11 is 0. The van der Waals surface area contributed by atoms with Crippen molar-refractivity contribution in [2.24, 2.45) is 0 Å². The van der Waals surface area contributed by atoms with Gasteiger partial charge < -0.3 is 5.11 Å². The smallest absolute Gasteiger partial charge is 0.877 e. The monoisotopic (exact) mass is 217 g/mol. The summed E-state index contributed by atoms with van der Waals surface area (Å²) in [5, 5.41) is 9.87. The predicted molar refractivity (Wildman–Crippen MR) is 48.4 cm³/mol. The van der Waals surface area contributed by atoms with Crippen molar-refractivity contribution in [1.29, 1.82) is 0 Å². The molecule has 0 N–H and O–H groups in total. The summed E-state index contributed by atoms with van der Waals surface area (Å²) in [7, 11) is 0. The van der Waals surface area contributed by atoms with Gasteiger partial charge in [0.25, 0.3) is 0 Å². The molecule has 0 amide bonds. The van der Waals surface area contributed by atoms with E-state index in [9.17, 15) is 5.11 Å². The Morgan fingerprint density at radius 1 is 1.08 bits per heavy atom. The molecular weight excluding hydrogens is 207 g/mol. The molecule has 0 aromatic heterocycles. The van der Waals surface area contributed by atoms with Gasteiger partial charge in [-0.25, -0.2) is 12.1 Å². The van der Waals surface area contributed by atoms with Crippen LogP contribution in [0.4, 0.5) is 0 Å². The summed E-state index contributed by atoms with van der Waals surface area (Å²) < 4.78 is 0. The quantitative estimate of drug-likeness (QED) is 0.479. The Morgan fingerprint density at radius 2 is 1.62 bits per heavy atom. The summed E-state index contributed by atoms with van der Waals surface area (Å²) in [6, 6.07) is 10.0. The molecule has 0 heterocycles. The van der Waals surface area contributed by atoms with Crippen LogP contribution >= 0.6 is 0 Å². The van der Waals surface area contributed by atoms with Crippen molar-refractivity contribution in [2.75, 3.05) is 0 Å². The first-order valence-corrected chi connectivity index (χ1v) is 3.77. The Balaban J connectivity index is 0.000000215.